The SMILES string of the molecule is CCNCCCCCCN(C)C(CC)CC. The highest BCUT2D eigenvalue weighted by Gasteiger charge is 2.08. The predicted molar refractivity (Wildman–Crippen MR) is 74.0 cm³/mol. The van der Waals surface area contributed by atoms with Crippen molar-refractivity contribution in [2.75, 3.05) is 26.7 Å². The molecule has 0 amide bonds. The van der Waals surface area contributed by atoms with Crippen LogP contribution in [-0.2, 0) is 0 Å². The molecule has 0 aromatic rings. The summed E-state index contributed by atoms with van der Waals surface area (Å²) in [4.78, 5) is 2.53. The van der Waals surface area contributed by atoms with Crippen molar-refractivity contribution in [3.05, 3.63) is 0 Å². The molecule has 0 bridgehead atoms. The second kappa shape index (κ2) is 11.4. The van der Waals surface area contributed by atoms with E-state index in [0.29, 0.717) is 0 Å². The van der Waals surface area contributed by atoms with Crippen LogP contribution in [0.2, 0.25) is 0 Å². The Hall–Kier alpha value is -0.0800. The van der Waals surface area contributed by atoms with Gasteiger partial charge < -0.3 is 10.2 Å². The van der Waals surface area contributed by atoms with Crippen LogP contribution in [0.4, 0.5) is 0 Å². The Labute approximate surface area is 103 Å². The summed E-state index contributed by atoms with van der Waals surface area (Å²) in [6.07, 6.45) is 8.03. The standard InChI is InChI=1S/C14H32N2/c1-5-14(6-2)16(4)13-11-9-8-10-12-15-7-3/h14-15H,5-13H2,1-4H3. The lowest BCUT2D eigenvalue weighted by molar-refractivity contribution is 0.225. The summed E-state index contributed by atoms with van der Waals surface area (Å²) >= 11 is 0. The van der Waals surface area contributed by atoms with E-state index < -0.39 is 0 Å². The maximum atomic E-state index is 3.37. The molecule has 0 fully saturated rings. The van der Waals surface area contributed by atoms with Gasteiger partial charge in [-0.1, -0.05) is 33.6 Å². The summed E-state index contributed by atoms with van der Waals surface area (Å²) in [5.41, 5.74) is 0. The van der Waals surface area contributed by atoms with Crippen molar-refractivity contribution in [2.24, 2.45) is 0 Å². The number of nitrogens with zero attached hydrogens (tertiary/aromatic N) is 1. The molecule has 0 atom stereocenters. The average molecular weight is 228 g/mol. The predicted octanol–water partition coefficient (Wildman–Crippen LogP) is 3.28. The molecule has 0 saturated carbocycles. The van der Waals surface area contributed by atoms with Gasteiger partial charge in [-0.3, -0.25) is 0 Å². The van der Waals surface area contributed by atoms with E-state index in [1.165, 1.54) is 51.6 Å². The van der Waals surface area contributed by atoms with Crippen molar-refractivity contribution < 1.29 is 0 Å². The zero-order valence-electron chi connectivity index (χ0n) is 11.9. The van der Waals surface area contributed by atoms with Crippen LogP contribution in [0.25, 0.3) is 0 Å². The van der Waals surface area contributed by atoms with Crippen LogP contribution in [-0.4, -0.2) is 37.6 Å². The molecule has 0 aromatic carbocycles. The molecule has 0 aliphatic heterocycles. The van der Waals surface area contributed by atoms with Crippen molar-refractivity contribution in [3.63, 3.8) is 0 Å². The van der Waals surface area contributed by atoms with E-state index in [-0.39, 0.29) is 0 Å². The lowest BCUT2D eigenvalue weighted by Crippen LogP contribution is -2.31. The van der Waals surface area contributed by atoms with E-state index in [1.54, 1.807) is 0 Å². The molecule has 0 spiro atoms. The molecule has 16 heavy (non-hydrogen) atoms. The third kappa shape index (κ3) is 8.12. The molecule has 0 saturated heterocycles. The lowest BCUT2D eigenvalue weighted by Gasteiger charge is -2.25. The number of unbranched alkanes of at least 4 members (excludes halogenated alkanes) is 3. The monoisotopic (exact) mass is 228 g/mol. The molecule has 0 aliphatic carbocycles. The molecule has 0 aliphatic rings. The van der Waals surface area contributed by atoms with E-state index in [1.807, 2.05) is 0 Å². The summed E-state index contributed by atoms with van der Waals surface area (Å²) in [6.45, 7) is 10.3. The number of nitrogens with one attached hydrogen (secondary N) is 1. The quantitative estimate of drug-likeness (QED) is 0.546. The van der Waals surface area contributed by atoms with Gasteiger partial charge in [0.25, 0.3) is 0 Å². The van der Waals surface area contributed by atoms with Gasteiger partial charge in [0, 0.05) is 6.04 Å². The van der Waals surface area contributed by atoms with E-state index in [2.05, 4.69) is 38.0 Å². The number of hydrogen-bond acceptors (Lipinski definition) is 2. The van der Waals surface area contributed by atoms with Gasteiger partial charge in [0.15, 0.2) is 0 Å². The highest BCUT2D eigenvalue weighted by atomic mass is 15.1. The summed E-state index contributed by atoms with van der Waals surface area (Å²) in [5, 5.41) is 3.37. The number of hydrogen-bond donors (Lipinski definition) is 1. The molecule has 0 heterocycles. The summed E-state index contributed by atoms with van der Waals surface area (Å²) < 4.78 is 0. The summed E-state index contributed by atoms with van der Waals surface area (Å²) in [5.74, 6) is 0. The minimum absolute atomic E-state index is 0.793. The van der Waals surface area contributed by atoms with Gasteiger partial charge in [-0.25, -0.2) is 0 Å². The van der Waals surface area contributed by atoms with Crippen LogP contribution in [0.15, 0.2) is 0 Å². The van der Waals surface area contributed by atoms with Crippen LogP contribution >= 0.6 is 0 Å². The van der Waals surface area contributed by atoms with E-state index in [9.17, 15) is 0 Å². The van der Waals surface area contributed by atoms with Crippen LogP contribution in [0.1, 0.15) is 59.3 Å². The fourth-order valence-corrected chi connectivity index (χ4v) is 2.24. The van der Waals surface area contributed by atoms with E-state index in [0.717, 1.165) is 12.6 Å². The first-order valence-corrected chi connectivity index (χ1v) is 7.17. The molecule has 98 valence electrons. The molecule has 1 N–H and O–H groups in total. The van der Waals surface area contributed by atoms with Gasteiger partial charge in [-0.15, -0.1) is 0 Å². The van der Waals surface area contributed by atoms with Crippen molar-refractivity contribution in [1.29, 1.82) is 0 Å². The Kier molecular flexibility index (Phi) is 11.3. The van der Waals surface area contributed by atoms with Crippen molar-refractivity contribution >= 4 is 0 Å². The normalized spacial score (nSPS) is 11.6. The molecule has 0 radical (unpaired) electrons. The molecule has 0 rings (SSSR count). The summed E-state index contributed by atoms with van der Waals surface area (Å²) in [6, 6.07) is 0.793. The Balaban J connectivity index is 3.30. The fraction of sp³-hybridized carbons (Fsp3) is 1.00. The fourth-order valence-electron chi connectivity index (χ4n) is 2.24. The van der Waals surface area contributed by atoms with E-state index in [4.69, 9.17) is 0 Å². The third-order valence-corrected chi connectivity index (χ3v) is 3.43. The minimum Gasteiger partial charge on any atom is -0.317 e. The topological polar surface area (TPSA) is 15.3 Å². The second-order valence-corrected chi connectivity index (χ2v) is 4.72. The first kappa shape index (κ1) is 15.9. The van der Waals surface area contributed by atoms with Gasteiger partial charge in [0.05, 0.1) is 0 Å². The third-order valence-electron chi connectivity index (χ3n) is 3.43. The molecule has 0 aromatic heterocycles. The average Bonchev–Trinajstić information content (AvgIpc) is 2.29. The molecular formula is C14H32N2. The van der Waals surface area contributed by atoms with Gasteiger partial charge in [0.1, 0.15) is 0 Å². The molecule has 0 unspecified atom stereocenters. The number of rotatable bonds is 11. The Bertz CT molecular complexity index is 133. The zero-order valence-corrected chi connectivity index (χ0v) is 11.9. The van der Waals surface area contributed by atoms with Gasteiger partial charge in [-0.2, -0.15) is 0 Å². The maximum absolute atomic E-state index is 3.37. The first-order valence-electron chi connectivity index (χ1n) is 7.17. The van der Waals surface area contributed by atoms with Crippen molar-refractivity contribution in [2.45, 2.75) is 65.3 Å². The smallest absolute Gasteiger partial charge is 0.00869 e. The zero-order chi connectivity index (χ0) is 12.2. The van der Waals surface area contributed by atoms with Crippen molar-refractivity contribution in [3.8, 4) is 0 Å². The van der Waals surface area contributed by atoms with E-state index >= 15 is 0 Å². The largest absolute Gasteiger partial charge is 0.317 e. The Morgan fingerprint density at radius 2 is 1.56 bits per heavy atom. The maximum Gasteiger partial charge on any atom is 0.00869 e. The highest BCUT2D eigenvalue weighted by molar-refractivity contribution is 4.64. The van der Waals surface area contributed by atoms with Crippen LogP contribution in [0, 0.1) is 0 Å². The second-order valence-electron chi connectivity index (χ2n) is 4.72. The van der Waals surface area contributed by atoms with Gasteiger partial charge in [-0.05, 0) is 52.4 Å². The molecule has 2 heteroatoms. The molecular weight excluding hydrogens is 196 g/mol. The van der Waals surface area contributed by atoms with Crippen molar-refractivity contribution in [1.82, 2.24) is 10.2 Å². The van der Waals surface area contributed by atoms with Crippen LogP contribution in [0.5, 0.6) is 0 Å². The minimum atomic E-state index is 0.793. The van der Waals surface area contributed by atoms with Gasteiger partial charge >= 0.3 is 0 Å². The van der Waals surface area contributed by atoms with Crippen LogP contribution < -0.4 is 5.32 Å². The Morgan fingerprint density at radius 3 is 2.12 bits per heavy atom. The Morgan fingerprint density at radius 1 is 0.938 bits per heavy atom. The first-order chi connectivity index (χ1) is 7.76. The van der Waals surface area contributed by atoms with Gasteiger partial charge in [0.2, 0.25) is 0 Å². The highest BCUT2D eigenvalue weighted by Crippen LogP contribution is 2.08. The lowest BCUT2D eigenvalue weighted by atomic mass is 10.1. The molecule has 2 nitrogen and oxygen atoms in total. The van der Waals surface area contributed by atoms with Crippen LogP contribution in [0.3, 0.4) is 0 Å². The summed E-state index contributed by atoms with van der Waals surface area (Å²) in [7, 11) is 2.27.